The number of carbonyl (C=O) groups excluding carboxylic acids is 1. The van der Waals surface area contributed by atoms with Gasteiger partial charge in [-0.05, 0) is 48.5 Å². The molecule has 138 valence electrons. The number of anilines is 1. The van der Waals surface area contributed by atoms with Gasteiger partial charge in [0.2, 0.25) is 0 Å². The summed E-state index contributed by atoms with van der Waals surface area (Å²) in [6.07, 6.45) is 0. The topological polar surface area (TPSA) is 47.6 Å². The van der Waals surface area contributed by atoms with Gasteiger partial charge in [-0.2, -0.15) is 0 Å². The van der Waals surface area contributed by atoms with Gasteiger partial charge in [0.25, 0.3) is 5.91 Å². The van der Waals surface area contributed by atoms with Gasteiger partial charge in [0, 0.05) is 16.2 Å². The zero-order valence-electron chi connectivity index (χ0n) is 15.1. The van der Waals surface area contributed by atoms with E-state index >= 15 is 0 Å². The van der Waals surface area contributed by atoms with Crippen LogP contribution in [0, 0.1) is 0 Å². The molecule has 5 heteroatoms. The van der Waals surface area contributed by atoms with E-state index in [9.17, 15) is 4.79 Å². The average Bonchev–Trinajstić information content (AvgIpc) is 2.73. The van der Waals surface area contributed by atoms with Crippen molar-refractivity contribution in [2.75, 3.05) is 24.8 Å². The molecule has 0 bridgehead atoms. The normalized spacial score (nSPS) is 10.3. The summed E-state index contributed by atoms with van der Waals surface area (Å²) < 4.78 is 11.0. The van der Waals surface area contributed by atoms with Crippen LogP contribution in [0.1, 0.15) is 10.4 Å². The monoisotopic (exact) mass is 379 g/mol. The molecule has 0 unspecified atom stereocenters. The number of carbonyl (C=O) groups is 1. The van der Waals surface area contributed by atoms with Crippen LogP contribution in [0.4, 0.5) is 5.69 Å². The summed E-state index contributed by atoms with van der Waals surface area (Å²) in [7, 11) is 1.58. The molecule has 4 nitrogen and oxygen atoms in total. The standard InChI is InChI=1S/C22H21NO3S/c1-25-21-10-6-5-9-20(21)23-22(24)17-11-13-18(14-12-17)26-15-16-27-19-7-3-2-4-8-19/h2-14H,15-16H2,1H3,(H,23,24). The Bertz CT molecular complexity index is 866. The average molecular weight is 379 g/mol. The molecule has 0 spiro atoms. The molecule has 1 amide bonds. The van der Waals surface area contributed by atoms with Gasteiger partial charge in [-0.1, -0.05) is 30.3 Å². The van der Waals surface area contributed by atoms with Crippen molar-refractivity contribution < 1.29 is 14.3 Å². The van der Waals surface area contributed by atoms with Crippen molar-refractivity contribution in [1.29, 1.82) is 0 Å². The minimum absolute atomic E-state index is 0.189. The van der Waals surface area contributed by atoms with Crippen LogP contribution in [0.15, 0.2) is 83.8 Å². The molecule has 3 aromatic carbocycles. The van der Waals surface area contributed by atoms with Crippen LogP contribution in [0.3, 0.4) is 0 Å². The van der Waals surface area contributed by atoms with E-state index in [1.165, 1.54) is 4.90 Å². The van der Waals surface area contributed by atoms with Gasteiger partial charge in [0.1, 0.15) is 11.5 Å². The highest BCUT2D eigenvalue weighted by molar-refractivity contribution is 7.99. The van der Waals surface area contributed by atoms with Crippen molar-refractivity contribution in [2.24, 2.45) is 0 Å². The molecule has 0 saturated heterocycles. The molecule has 0 aliphatic carbocycles. The second kappa shape index (κ2) is 9.69. The van der Waals surface area contributed by atoms with Crippen LogP contribution in [0.2, 0.25) is 0 Å². The van der Waals surface area contributed by atoms with Gasteiger partial charge < -0.3 is 14.8 Å². The number of ether oxygens (including phenoxy) is 2. The quantitative estimate of drug-likeness (QED) is 0.436. The highest BCUT2D eigenvalue weighted by Crippen LogP contribution is 2.24. The summed E-state index contributed by atoms with van der Waals surface area (Å²) in [6, 6.07) is 24.7. The highest BCUT2D eigenvalue weighted by atomic mass is 32.2. The van der Waals surface area contributed by atoms with Crippen molar-refractivity contribution in [3.63, 3.8) is 0 Å². The van der Waals surface area contributed by atoms with E-state index in [4.69, 9.17) is 9.47 Å². The van der Waals surface area contributed by atoms with Gasteiger partial charge in [-0.3, -0.25) is 4.79 Å². The van der Waals surface area contributed by atoms with E-state index < -0.39 is 0 Å². The van der Waals surface area contributed by atoms with Crippen molar-refractivity contribution in [2.45, 2.75) is 4.90 Å². The summed E-state index contributed by atoms with van der Waals surface area (Å²) in [5, 5.41) is 2.86. The van der Waals surface area contributed by atoms with E-state index in [1.807, 2.05) is 42.5 Å². The van der Waals surface area contributed by atoms with Crippen LogP contribution in [0.5, 0.6) is 11.5 Å². The first-order chi connectivity index (χ1) is 13.3. The maximum Gasteiger partial charge on any atom is 0.255 e. The van der Waals surface area contributed by atoms with E-state index in [0.29, 0.717) is 23.6 Å². The number of nitrogens with one attached hydrogen (secondary N) is 1. The Kier molecular flexibility index (Phi) is 6.77. The Morgan fingerprint density at radius 1 is 0.926 bits per heavy atom. The van der Waals surface area contributed by atoms with Crippen LogP contribution in [-0.2, 0) is 0 Å². The number of para-hydroxylation sites is 2. The second-order valence-corrected chi connectivity index (χ2v) is 6.86. The Balaban J connectivity index is 1.50. The van der Waals surface area contributed by atoms with Crippen molar-refractivity contribution in [1.82, 2.24) is 0 Å². The molecule has 3 aromatic rings. The molecule has 0 aliphatic heterocycles. The van der Waals surface area contributed by atoms with Gasteiger partial charge in [-0.15, -0.1) is 11.8 Å². The molecular formula is C22H21NO3S. The van der Waals surface area contributed by atoms with Crippen molar-refractivity contribution in [3.8, 4) is 11.5 Å². The van der Waals surface area contributed by atoms with Gasteiger partial charge >= 0.3 is 0 Å². The first-order valence-electron chi connectivity index (χ1n) is 8.61. The Labute approximate surface area is 163 Å². The third-order valence-corrected chi connectivity index (χ3v) is 4.81. The van der Waals surface area contributed by atoms with Gasteiger partial charge in [-0.25, -0.2) is 0 Å². The number of amides is 1. The van der Waals surface area contributed by atoms with Crippen molar-refractivity contribution in [3.05, 3.63) is 84.4 Å². The molecule has 0 saturated carbocycles. The molecule has 27 heavy (non-hydrogen) atoms. The number of rotatable bonds is 8. The molecule has 0 aromatic heterocycles. The summed E-state index contributed by atoms with van der Waals surface area (Å²) in [6.45, 7) is 0.603. The molecule has 0 heterocycles. The zero-order valence-corrected chi connectivity index (χ0v) is 15.9. The first kappa shape index (κ1) is 18.9. The van der Waals surface area contributed by atoms with E-state index in [-0.39, 0.29) is 5.91 Å². The number of benzene rings is 3. The smallest absolute Gasteiger partial charge is 0.255 e. The molecule has 0 atom stereocenters. The zero-order chi connectivity index (χ0) is 18.9. The minimum Gasteiger partial charge on any atom is -0.495 e. The molecular weight excluding hydrogens is 358 g/mol. The van der Waals surface area contributed by atoms with Crippen LogP contribution < -0.4 is 14.8 Å². The van der Waals surface area contributed by atoms with Crippen molar-refractivity contribution >= 4 is 23.4 Å². The van der Waals surface area contributed by atoms with E-state index in [1.54, 1.807) is 43.1 Å². The minimum atomic E-state index is -0.189. The maximum absolute atomic E-state index is 12.4. The lowest BCUT2D eigenvalue weighted by atomic mass is 10.2. The summed E-state index contributed by atoms with van der Waals surface area (Å²) in [4.78, 5) is 13.6. The number of methoxy groups -OCH3 is 1. The summed E-state index contributed by atoms with van der Waals surface area (Å²) in [5.74, 6) is 2.05. The predicted octanol–water partition coefficient (Wildman–Crippen LogP) is 5.12. The lowest BCUT2D eigenvalue weighted by Crippen LogP contribution is -2.12. The fraction of sp³-hybridized carbons (Fsp3) is 0.136. The fourth-order valence-electron chi connectivity index (χ4n) is 2.48. The summed E-state index contributed by atoms with van der Waals surface area (Å²) in [5.41, 5.74) is 1.20. The van der Waals surface area contributed by atoms with E-state index in [2.05, 4.69) is 17.4 Å². The second-order valence-electron chi connectivity index (χ2n) is 5.69. The largest absolute Gasteiger partial charge is 0.495 e. The Morgan fingerprint density at radius 2 is 1.63 bits per heavy atom. The SMILES string of the molecule is COc1ccccc1NC(=O)c1ccc(OCCSc2ccccc2)cc1. The third kappa shape index (κ3) is 5.53. The Morgan fingerprint density at radius 3 is 2.37 bits per heavy atom. The Hall–Kier alpha value is -2.92. The fourth-order valence-corrected chi connectivity index (χ4v) is 3.23. The third-order valence-electron chi connectivity index (χ3n) is 3.84. The highest BCUT2D eigenvalue weighted by Gasteiger charge is 2.09. The van der Waals surface area contributed by atoms with Crippen LogP contribution in [0.25, 0.3) is 0 Å². The first-order valence-corrected chi connectivity index (χ1v) is 9.60. The lowest BCUT2D eigenvalue weighted by molar-refractivity contribution is 0.102. The van der Waals surface area contributed by atoms with Crippen LogP contribution >= 0.6 is 11.8 Å². The van der Waals surface area contributed by atoms with Gasteiger partial charge in [0.05, 0.1) is 19.4 Å². The molecule has 1 N–H and O–H groups in total. The maximum atomic E-state index is 12.4. The predicted molar refractivity (Wildman–Crippen MR) is 110 cm³/mol. The molecule has 0 aliphatic rings. The number of hydrogen-bond acceptors (Lipinski definition) is 4. The lowest BCUT2D eigenvalue weighted by Gasteiger charge is -2.10. The number of thioether (sulfide) groups is 1. The molecule has 0 fully saturated rings. The summed E-state index contributed by atoms with van der Waals surface area (Å²) >= 11 is 1.75. The van der Waals surface area contributed by atoms with E-state index in [0.717, 1.165) is 11.5 Å². The van der Waals surface area contributed by atoms with Gasteiger partial charge in [0.15, 0.2) is 0 Å². The molecule has 3 rings (SSSR count). The molecule has 0 radical (unpaired) electrons. The van der Waals surface area contributed by atoms with Crippen LogP contribution in [-0.4, -0.2) is 25.4 Å². The number of hydrogen-bond donors (Lipinski definition) is 1.